The van der Waals surface area contributed by atoms with Crippen molar-refractivity contribution in [1.29, 1.82) is 0 Å². The molecule has 2 aromatic rings. The van der Waals surface area contributed by atoms with Crippen molar-refractivity contribution >= 4 is 17.4 Å². The Labute approximate surface area is 121 Å². The van der Waals surface area contributed by atoms with Crippen LogP contribution in [-0.4, -0.2) is 27.8 Å². The highest BCUT2D eigenvalue weighted by Crippen LogP contribution is 2.33. The minimum absolute atomic E-state index is 0.150. The van der Waals surface area contributed by atoms with Gasteiger partial charge in [0.15, 0.2) is 0 Å². The lowest BCUT2D eigenvalue weighted by Crippen LogP contribution is -2.32. The molecule has 2 heterocycles. The molecule has 0 bridgehead atoms. The van der Waals surface area contributed by atoms with Crippen LogP contribution in [0.2, 0.25) is 0 Å². The van der Waals surface area contributed by atoms with Crippen LogP contribution in [0.5, 0.6) is 0 Å². The molecule has 0 aliphatic carbocycles. The Morgan fingerprint density at radius 2 is 2.05 bits per heavy atom. The van der Waals surface area contributed by atoms with Crippen LogP contribution in [0.4, 0.5) is 10.1 Å². The summed E-state index contributed by atoms with van der Waals surface area (Å²) in [7, 11) is 1.87. The number of rotatable bonds is 3. The Kier molecular flexibility index (Phi) is 3.08. The van der Waals surface area contributed by atoms with Crippen LogP contribution >= 0.6 is 0 Å². The van der Waals surface area contributed by atoms with Gasteiger partial charge in [0, 0.05) is 32.4 Å². The van der Waals surface area contributed by atoms with E-state index in [0.29, 0.717) is 24.2 Å². The molecule has 0 atom stereocenters. The second kappa shape index (κ2) is 4.80. The first-order valence-electron chi connectivity index (χ1n) is 6.61. The topological polar surface area (TPSA) is 55.2 Å². The number of hydrogen-bond donors (Lipinski definition) is 0. The number of hydrogen-bond acceptors (Lipinski definition) is 3. The predicted molar refractivity (Wildman–Crippen MR) is 74.7 cm³/mol. The lowest BCUT2D eigenvalue weighted by atomic mass is 10.1. The van der Waals surface area contributed by atoms with Crippen LogP contribution in [-0.2, 0) is 18.3 Å². The van der Waals surface area contributed by atoms with Crippen LogP contribution in [0.25, 0.3) is 0 Å². The number of carbonyl (C=O) groups is 2. The Morgan fingerprint density at radius 3 is 2.71 bits per heavy atom. The van der Waals surface area contributed by atoms with Crippen molar-refractivity contribution in [3.63, 3.8) is 0 Å². The number of anilines is 1. The Hall–Kier alpha value is -2.50. The molecular weight excluding hydrogens is 273 g/mol. The summed E-state index contributed by atoms with van der Waals surface area (Å²) in [6.07, 6.45) is 4.03. The first kappa shape index (κ1) is 13.5. The van der Waals surface area contributed by atoms with E-state index < -0.39 is 17.5 Å². The van der Waals surface area contributed by atoms with E-state index in [2.05, 4.69) is 4.98 Å². The Morgan fingerprint density at radius 1 is 1.29 bits per heavy atom. The van der Waals surface area contributed by atoms with Gasteiger partial charge in [-0.15, -0.1) is 0 Å². The number of amides is 1. The monoisotopic (exact) mass is 287 g/mol. The SMILES string of the molecule is Cc1cc(F)cc2c1N(CCc1nccn1C)C(=O)C2=O. The van der Waals surface area contributed by atoms with Gasteiger partial charge in [-0.25, -0.2) is 9.37 Å². The minimum Gasteiger partial charge on any atom is -0.338 e. The maximum atomic E-state index is 13.4. The van der Waals surface area contributed by atoms with E-state index in [-0.39, 0.29) is 5.56 Å². The van der Waals surface area contributed by atoms with Crippen molar-refractivity contribution in [3.05, 3.63) is 47.3 Å². The molecule has 1 aliphatic rings. The fraction of sp³-hybridized carbons (Fsp3) is 0.267. The van der Waals surface area contributed by atoms with E-state index in [1.807, 2.05) is 17.8 Å². The van der Waals surface area contributed by atoms with Crippen LogP contribution in [0.15, 0.2) is 24.5 Å². The van der Waals surface area contributed by atoms with Gasteiger partial charge in [0.25, 0.3) is 11.7 Å². The highest BCUT2D eigenvalue weighted by molar-refractivity contribution is 6.52. The number of halogens is 1. The summed E-state index contributed by atoms with van der Waals surface area (Å²) in [5.41, 5.74) is 1.25. The molecule has 3 rings (SSSR count). The zero-order valence-electron chi connectivity index (χ0n) is 11.8. The zero-order chi connectivity index (χ0) is 15.1. The summed E-state index contributed by atoms with van der Waals surface area (Å²) in [4.78, 5) is 29.7. The van der Waals surface area contributed by atoms with Crippen molar-refractivity contribution in [1.82, 2.24) is 9.55 Å². The van der Waals surface area contributed by atoms with Gasteiger partial charge < -0.3 is 9.47 Å². The molecule has 1 aromatic heterocycles. The van der Waals surface area contributed by atoms with E-state index >= 15 is 0 Å². The molecule has 0 saturated carbocycles. The quantitative estimate of drug-likeness (QED) is 0.806. The third kappa shape index (κ3) is 2.12. The second-order valence-electron chi connectivity index (χ2n) is 5.11. The maximum absolute atomic E-state index is 13.4. The van der Waals surface area contributed by atoms with Gasteiger partial charge in [0.1, 0.15) is 11.6 Å². The highest BCUT2D eigenvalue weighted by atomic mass is 19.1. The van der Waals surface area contributed by atoms with E-state index in [1.54, 1.807) is 13.1 Å². The Bertz CT molecular complexity index is 751. The standard InChI is InChI=1S/C15H14FN3O2/c1-9-7-10(16)8-11-13(9)19(15(21)14(11)20)5-3-12-17-4-6-18(12)2/h4,6-8H,3,5H2,1-2H3. The summed E-state index contributed by atoms with van der Waals surface area (Å²) in [6.45, 7) is 2.04. The fourth-order valence-electron chi connectivity index (χ4n) is 2.67. The first-order chi connectivity index (χ1) is 9.99. The number of benzene rings is 1. The molecule has 1 aromatic carbocycles. The number of fused-ring (bicyclic) bond motifs is 1. The van der Waals surface area contributed by atoms with E-state index in [1.165, 1.54) is 11.0 Å². The lowest BCUT2D eigenvalue weighted by molar-refractivity contribution is -0.114. The van der Waals surface area contributed by atoms with Gasteiger partial charge in [0.2, 0.25) is 0 Å². The highest BCUT2D eigenvalue weighted by Gasteiger charge is 2.37. The lowest BCUT2D eigenvalue weighted by Gasteiger charge is -2.18. The molecule has 0 saturated heterocycles. The molecule has 21 heavy (non-hydrogen) atoms. The van der Waals surface area contributed by atoms with Crippen molar-refractivity contribution in [3.8, 4) is 0 Å². The summed E-state index contributed by atoms with van der Waals surface area (Å²) >= 11 is 0. The van der Waals surface area contributed by atoms with Gasteiger partial charge in [-0.3, -0.25) is 9.59 Å². The zero-order valence-corrected chi connectivity index (χ0v) is 11.8. The van der Waals surface area contributed by atoms with E-state index in [0.717, 1.165) is 11.9 Å². The predicted octanol–water partition coefficient (Wildman–Crippen LogP) is 1.64. The molecular formula is C15H14FN3O2. The number of nitrogens with zero attached hydrogens (tertiary/aromatic N) is 3. The van der Waals surface area contributed by atoms with Crippen molar-refractivity contribution in [2.75, 3.05) is 11.4 Å². The van der Waals surface area contributed by atoms with Gasteiger partial charge in [0.05, 0.1) is 11.3 Å². The van der Waals surface area contributed by atoms with Crippen molar-refractivity contribution in [2.24, 2.45) is 7.05 Å². The van der Waals surface area contributed by atoms with Crippen LogP contribution in [0.1, 0.15) is 21.7 Å². The molecule has 0 unspecified atom stereocenters. The molecule has 0 radical (unpaired) electrons. The summed E-state index contributed by atoms with van der Waals surface area (Å²) in [6, 6.07) is 2.46. The summed E-state index contributed by atoms with van der Waals surface area (Å²) in [5, 5.41) is 0. The second-order valence-corrected chi connectivity index (χ2v) is 5.11. The third-order valence-corrected chi connectivity index (χ3v) is 3.70. The molecule has 0 N–H and O–H groups in total. The average molecular weight is 287 g/mol. The number of ketones is 1. The van der Waals surface area contributed by atoms with Gasteiger partial charge >= 0.3 is 0 Å². The van der Waals surface area contributed by atoms with Gasteiger partial charge in [-0.1, -0.05) is 0 Å². The first-order valence-corrected chi connectivity index (χ1v) is 6.61. The molecule has 0 spiro atoms. The smallest absolute Gasteiger partial charge is 0.299 e. The number of aryl methyl sites for hydroxylation is 2. The summed E-state index contributed by atoms with van der Waals surface area (Å²) < 4.78 is 15.3. The van der Waals surface area contributed by atoms with Gasteiger partial charge in [-0.05, 0) is 24.6 Å². The normalized spacial score (nSPS) is 14.0. The van der Waals surface area contributed by atoms with Crippen LogP contribution in [0.3, 0.4) is 0 Å². The molecule has 108 valence electrons. The summed E-state index contributed by atoms with van der Waals surface area (Å²) in [5.74, 6) is -0.929. The molecule has 1 amide bonds. The molecule has 6 heteroatoms. The number of imidazole rings is 1. The number of Topliss-reactive ketones (excluding diaryl/α,β-unsaturated/α-hetero) is 1. The number of carbonyl (C=O) groups excluding carboxylic acids is 2. The Balaban J connectivity index is 1.93. The minimum atomic E-state index is -0.646. The number of aromatic nitrogens is 2. The van der Waals surface area contributed by atoms with Crippen LogP contribution in [0, 0.1) is 12.7 Å². The van der Waals surface area contributed by atoms with E-state index in [4.69, 9.17) is 0 Å². The third-order valence-electron chi connectivity index (χ3n) is 3.70. The maximum Gasteiger partial charge on any atom is 0.299 e. The van der Waals surface area contributed by atoms with E-state index in [9.17, 15) is 14.0 Å². The molecule has 0 fully saturated rings. The van der Waals surface area contributed by atoms with Crippen molar-refractivity contribution < 1.29 is 14.0 Å². The molecule has 1 aliphatic heterocycles. The van der Waals surface area contributed by atoms with Crippen molar-refractivity contribution in [2.45, 2.75) is 13.3 Å². The van der Waals surface area contributed by atoms with Crippen LogP contribution < -0.4 is 4.90 Å². The molecule has 5 nitrogen and oxygen atoms in total. The fourth-order valence-corrected chi connectivity index (χ4v) is 2.67. The van der Waals surface area contributed by atoms with Gasteiger partial charge in [-0.2, -0.15) is 0 Å². The largest absolute Gasteiger partial charge is 0.338 e. The average Bonchev–Trinajstić information content (AvgIpc) is 2.93.